The van der Waals surface area contributed by atoms with Gasteiger partial charge in [0.1, 0.15) is 0 Å². The molecule has 0 radical (unpaired) electrons. The van der Waals surface area contributed by atoms with Crippen LogP contribution in [-0.2, 0) is 46.3 Å². The van der Waals surface area contributed by atoms with Gasteiger partial charge in [0.15, 0.2) is 0 Å². The Labute approximate surface area is 237 Å². The molecule has 0 rings (SSSR count). The van der Waals surface area contributed by atoms with Crippen molar-refractivity contribution in [3.8, 4) is 10.8 Å². The zero-order valence-electron chi connectivity index (χ0n) is 22.8. The van der Waals surface area contributed by atoms with Gasteiger partial charge in [-0.1, -0.05) is 90.9 Å². The summed E-state index contributed by atoms with van der Waals surface area (Å²) in [5.74, 6) is 0. The topological polar surface area (TPSA) is 47.6 Å². The number of rotatable bonds is 18. The van der Waals surface area contributed by atoms with Gasteiger partial charge >= 0.3 is 21.1 Å². The van der Waals surface area contributed by atoms with E-state index in [0.29, 0.717) is 0 Å². The fourth-order valence-electron chi connectivity index (χ4n) is 3.31. The summed E-state index contributed by atoms with van der Waals surface area (Å²) in [6, 6.07) is 0. The van der Waals surface area contributed by atoms with Crippen LogP contribution in [0.25, 0.3) is 0 Å². The van der Waals surface area contributed by atoms with Crippen molar-refractivity contribution in [2.24, 2.45) is 0 Å². The van der Waals surface area contributed by atoms with Crippen LogP contribution < -0.4 is 0 Å². The largest absolute Gasteiger partial charge is 2.00 e. The van der Waals surface area contributed by atoms with Gasteiger partial charge in [0.2, 0.25) is 0 Å². The Morgan fingerprint density at radius 1 is 0.455 bits per heavy atom. The number of thiocyanates is 2. The quantitative estimate of drug-likeness (QED) is 0.0806. The molecule has 0 bridgehead atoms. The van der Waals surface area contributed by atoms with Gasteiger partial charge in [-0.05, 0) is 38.5 Å². The van der Waals surface area contributed by atoms with E-state index in [1.54, 1.807) is 37.0 Å². The van der Waals surface area contributed by atoms with E-state index >= 15 is 0 Å². The van der Waals surface area contributed by atoms with Crippen molar-refractivity contribution in [1.29, 1.82) is 10.5 Å². The van der Waals surface area contributed by atoms with Gasteiger partial charge in [-0.15, -0.1) is 0 Å². The van der Waals surface area contributed by atoms with Gasteiger partial charge in [-0.2, -0.15) is 0 Å². The molecule has 0 saturated carbocycles. The Hall–Kier alpha value is 0.968. The van der Waals surface area contributed by atoms with Gasteiger partial charge < -0.3 is 25.3 Å². The van der Waals surface area contributed by atoms with Gasteiger partial charge in [-0.3, -0.25) is 0 Å². The predicted molar refractivity (Wildman–Crippen MR) is 161 cm³/mol. The molecule has 0 aromatic carbocycles. The fourth-order valence-corrected chi connectivity index (χ4v) is 9.93. The third kappa shape index (κ3) is 50.7. The zero-order chi connectivity index (χ0) is 25.3. The van der Waals surface area contributed by atoms with E-state index in [0.717, 1.165) is 0 Å². The molecule has 0 aromatic heterocycles. The van der Waals surface area contributed by atoms with E-state index in [9.17, 15) is 0 Å². The summed E-state index contributed by atoms with van der Waals surface area (Å²) in [6.07, 6.45) is 26.8. The average Bonchev–Trinajstić information content (AvgIpc) is 2.79. The Bertz CT molecular complexity index is 317. The summed E-state index contributed by atoms with van der Waals surface area (Å²) >= 11 is 7.40. The van der Waals surface area contributed by atoms with Crippen molar-refractivity contribution in [3.05, 3.63) is 0 Å². The molecule has 33 heavy (non-hydrogen) atoms. The monoisotopic (exact) mass is 717 g/mol. The van der Waals surface area contributed by atoms with Crippen LogP contribution in [0.5, 0.6) is 0 Å². The van der Waals surface area contributed by atoms with E-state index in [-0.39, 0.29) is 36.9 Å². The number of hydrogen-bond donors (Lipinski definition) is 0. The smallest absolute Gasteiger partial charge is 0.696 e. The molecule has 0 aliphatic heterocycles. The third-order valence-electron chi connectivity index (χ3n) is 5.30. The summed E-state index contributed by atoms with van der Waals surface area (Å²) < 4.78 is 0. The maximum absolute atomic E-state index is 7.13. The summed E-state index contributed by atoms with van der Waals surface area (Å²) in [5, 5.41) is 16.9. The summed E-state index contributed by atoms with van der Waals surface area (Å²) in [7, 11) is 0.135. The minimum atomic E-state index is 0. The second-order valence-corrected chi connectivity index (χ2v) is 14.7. The van der Waals surface area contributed by atoms with Crippen LogP contribution in [0.15, 0.2) is 0 Å². The standard InChI is InChI=1S/2C12H27P.2CHNS.Pt/c2*1-4-7-10-13(11-8-5-2)12-9-6-3;2*2-1-3;/h2*4-12H2,1-3H3;2*3H;/q;;;;+2. The molecule has 0 N–H and O–H groups in total. The molecule has 0 aromatic rings. The van der Waals surface area contributed by atoms with Crippen LogP contribution in [0.2, 0.25) is 0 Å². The molecular formula is C26H56N2P2PtS2+2. The molecule has 0 saturated heterocycles. The minimum Gasteiger partial charge on any atom is -0.696 e. The average molecular weight is 718 g/mol. The molecule has 0 fully saturated rings. The Kier molecular flexibility index (Phi) is 61.8. The van der Waals surface area contributed by atoms with Crippen molar-refractivity contribution >= 4 is 41.1 Å². The minimum absolute atomic E-state index is 0. The predicted octanol–water partition coefficient (Wildman–Crippen LogP) is 9.23. The van der Waals surface area contributed by atoms with Gasteiger partial charge in [0.05, 0.1) is 37.0 Å². The number of hydrogen-bond acceptors (Lipinski definition) is 4. The first-order chi connectivity index (χ1) is 15.5. The maximum atomic E-state index is 7.13. The molecule has 2 nitrogen and oxygen atoms in total. The van der Waals surface area contributed by atoms with Crippen molar-refractivity contribution in [2.75, 3.05) is 37.0 Å². The van der Waals surface area contributed by atoms with Crippen LogP contribution in [0, 0.1) is 21.3 Å². The Balaban J connectivity index is -0.000000124. The molecule has 0 aliphatic carbocycles. The first kappa shape index (κ1) is 44.0. The van der Waals surface area contributed by atoms with Gasteiger partial charge in [0, 0.05) is 15.8 Å². The molecule has 0 spiro atoms. The second-order valence-electron chi connectivity index (χ2n) is 8.30. The molecule has 0 unspecified atom stereocenters. The second kappa shape index (κ2) is 46.3. The molecule has 200 valence electrons. The van der Waals surface area contributed by atoms with E-state index < -0.39 is 0 Å². The summed E-state index contributed by atoms with van der Waals surface area (Å²) in [6.45, 7) is 13.9. The molecule has 0 amide bonds. The van der Waals surface area contributed by atoms with Gasteiger partial charge in [-0.25, -0.2) is 10.5 Å². The van der Waals surface area contributed by atoms with E-state index in [4.69, 9.17) is 10.5 Å². The summed E-state index contributed by atoms with van der Waals surface area (Å²) in [4.78, 5) is 0. The van der Waals surface area contributed by atoms with Crippen molar-refractivity contribution < 1.29 is 21.1 Å². The van der Waals surface area contributed by atoms with Crippen LogP contribution in [-0.4, -0.2) is 37.0 Å². The molecule has 7 heteroatoms. The normalized spacial score (nSPS) is 9.15. The Morgan fingerprint density at radius 3 is 0.667 bits per heavy atom. The molecule has 0 heterocycles. The SMILES string of the molecule is CCCC[PH+](CCCC)CCCC.CCCC[PH+](CCCC)CCCC.N#C[S-].N#C[S-].[Pt+2]. The number of nitrogens with zero attached hydrogens (tertiary/aromatic N) is 2. The fraction of sp³-hybridized carbons (Fsp3) is 0.923. The summed E-state index contributed by atoms with van der Waals surface area (Å²) in [5.41, 5.74) is 0. The zero-order valence-corrected chi connectivity index (χ0v) is 28.7. The number of unbranched alkanes of at least 4 members (excludes halogenated alkanes) is 6. The Morgan fingerprint density at radius 2 is 0.576 bits per heavy atom. The molecule has 0 atom stereocenters. The van der Waals surface area contributed by atoms with Crippen LogP contribution in [0.3, 0.4) is 0 Å². The van der Waals surface area contributed by atoms with Crippen LogP contribution in [0.4, 0.5) is 0 Å². The van der Waals surface area contributed by atoms with Crippen LogP contribution >= 0.6 is 15.8 Å². The van der Waals surface area contributed by atoms with E-state index in [1.807, 2.05) is 0 Å². The van der Waals surface area contributed by atoms with Gasteiger partial charge in [0.25, 0.3) is 0 Å². The van der Waals surface area contributed by atoms with Crippen molar-refractivity contribution in [3.63, 3.8) is 0 Å². The van der Waals surface area contributed by atoms with E-state index in [1.165, 1.54) is 87.9 Å². The van der Waals surface area contributed by atoms with Crippen molar-refractivity contribution in [2.45, 2.75) is 119 Å². The first-order valence-electron chi connectivity index (χ1n) is 13.2. The van der Waals surface area contributed by atoms with Crippen LogP contribution in [0.1, 0.15) is 119 Å². The van der Waals surface area contributed by atoms with E-state index in [2.05, 4.69) is 66.8 Å². The van der Waals surface area contributed by atoms with Crippen molar-refractivity contribution in [1.82, 2.24) is 0 Å². The number of nitriles is 2. The third-order valence-corrected chi connectivity index (χ3v) is 11.7. The first-order valence-corrected chi connectivity index (χ1v) is 18.3. The molecular weight excluding hydrogens is 661 g/mol. The molecule has 0 aliphatic rings. The maximum Gasteiger partial charge on any atom is 2.00 e.